The molecule has 0 radical (unpaired) electrons. The molecule has 0 spiro atoms. The Labute approximate surface area is 246 Å². The molecular weight excluding hydrogens is 533 g/mol. The minimum atomic E-state index is 0.499. The summed E-state index contributed by atoms with van der Waals surface area (Å²) in [5.74, 6) is 1.46. The molecule has 2 aromatic heterocycles. The summed E-state index contributed by atoms with van der Waals surface area (Å²) in [6.45, 7) is 11.5. The maximum absolute atomic E-state index is 4.97. The van der Waals surface area contributed by atoms with E-state index in [2.05, 4.69) is 95.1 Å². The number of hydrogen-bond donors (Lipinski definition) is 2. The van der Waals surface area contributed by atoms with Crippen LogP contribution in [0.3, 0.4) is 0 Å². The van der Waals surface area contributed by atoms with Gasteiger partial charge in [-0.3, -0.25) is 0 Å². The minimum absolute atomic E-state index is 0.499. The first-order valence-corrected chi connectivity index (χ1v) is 16.5. The molecule has 210 valence electrons. The molecule has 0 bridgehead atoms. The third kappa shape index (κ3) is 6.09. The number of rotatable bonds is 9. The van der Waals surface area contributed by atoms with Gasteiger partial charge in [0.25, 0.3) is 0 Å². The van der Waals surface area contributed by atoms with Crippen LogP contribution in [-0.2, 0) is 6.42 Å². The molecule has 2 fully saturated rings. The van der Waals surface area contributed by atoms with Crippen molar-refractivity contribution in [1.82, 2.24) is 14.9 Å². The molecule has 0 saturated carbocycles. The Morgan fingerprint density at radius 2 is 1.75 bits per heavy atom. The van der Waals surface area contributed by atoms with Gasteiger partial charge in [-0.15, -0.1) is 23.1 Å². The van der Waals surface area contributed by atoms with Gasteiger partial charge in [0.1, 0.15) is 0 Å². The topological polar surface area (TPSA) is 56.3 Å². The van der Waals surface area contributed by atoms with E-state index in [-0.39, 0.29) is 0 Å². The van der Waals surface area contributed by atoms with Gasteiger partial charge in [0.2, 0.25) is 5.95 Å². The number of likely N-dealkylation sites (tertiary alicyclic amines) is 1. The van der Waals surface area contributed by atoms with Crippen molar-refractivity contribution < 1.29 is 0 Å². The predicted octanol–water partition coefficient (Wildman–Crippen LogP) is 8.31. The van der Waals surface area contributed by atoms with Crippen molar-refractivity contribution in [3.05, 3.63) is 59.5 Å². The van der Waals surface area contributed by atoms with Gasteiger partial charge >= 0.3 is 0 Å². The molecule has 4 heterocycles. The van der Waals surface area contributed by atoms with Crippen LogP contribution in [0.25, 0.3) is 10.2 Å². The molecule has 40 heavy (non-hydrogen) atoms. The van der Waals surface area contributed by atoms with Gasteiger partial charge in [0.05, 0.1) is 15.9 Å². The fraction of sp³-hybridized carbons (Fsp3) is 0.438. The number of anilines is 5. The zero-order valence-electron chi connectivity index (χ0n) is 23.8. The lowest BCUT2D eigenvalue weighted by molar-refractivity contribution is 0.208. The number of fused-ring (bicyclic) bond motifs is 1. The van der Waals surface area contributed by atoms with Crippen LogP contribution in [0.1, 0.15) is 52.0 Å². The molecule has 0 unspecified atom stereocenters. The Morgan fingerprint density at radius 1 is 0.950 bits per heavy atom. The number of thiophene rings is 1. The minimum Gasteiger partial charge on any atom is -0.371 e. The Morgan fingerprint density at radius 3 is 2.52 bits per heavy atom. The number of benzene rings is 2. The molecule has 8 heteroatoms. The van der Waals surface area contributed by atoms with Crippen LogP contribution in [0, 0.1) is 0 Å². The Kier molecular flexibility index (Phi) is 8.46. The van der Waals surface area contributed by atoms with Crippen LogP contribution in [0.5, 0.6) is 0 Å². The summed E-state index contributed by atoms with van der Waals surface area (Å²) < 4.78 is 1.07. The predicted molar refractivity (Wildman–Crippen MR) is 173 cm³/mol. The van der Waals surface area contributed by atoms with E-state index in [1.807, 2.05) is 11.8 Å². The molecule has 2 N–H and O–H groups in total. The van der Waals surface area contributed by atoms with Crippen molar-refractivity contribution >= 4 is 62.1 Å². The van der Waals surface area contributed by atoms with Crippen molar-refractivity contribution in [2.75, 3.05) is 41.7 Å². The van der Waals surface area contributed by atoms with Gasteiger partial charge < -0.3 is 20.4 Å². The normalized spacial score (nSPS) is 16.8. The zero-order chi connectivity index (χ0) is 27.5. The van der Waals surface area contributed by atoms with E-state index >= 15 is 0 Å². The van der Waals surface area contributed by atoms with E-state index in [1.54, 1.807) is 11.3 Å². The lowest BCUT2D eigenvalue weighted by atomic mass is 10.0. The molecule has 2 aliphatic rings. The highest BCUT2D eigenvalue weighted by Gasteiger charge is 2.26. The fourth-order valence-electron chi connectivity index (χ4n) is 5.97. The molecule has 6 rings (SSSR count). The molecule has 0 aliphatic carbocycles. The third-order valence-corrected chi connectivity index (χ3v) is 10.0. The number of aryl methyl sites for hydroxylation is 1. The van der Waals surface area contributed by atoms with Gasteiger partial charge in [0, 0.05) is 40.7 Å². The first-order valence-electron chi connectivity index (χ1n) is 14.7. The zero-order valence-corrected chi connectivity index (χ0v) is 25.5. The lowest BCUT2D eigenvalue weighted by Crippen LogP contribution is -2.43. The second-order valence-corrected chi connectivity index (χ2v) is 13.6. The molecule has 2 saturated heterocycles. The summed E-state index contributed by atoms with van der Waals surface area (Å²) in [5, 5.41) is 9.78. The van der Waals surface area contributed by atoms with E-state index < -0.39 is 0 Å². The summed E-state index contributed by atoms with van der Waals surface area (Å²) in [6, 6.07) is 18.1. The van der Waals surface area contributed by atoms with Crippen LogP contribution >= 0.6 is 23.1 Å². The molecule has 0 amide bonds. The average Bonchev–Trinajstić information content (AvgIpc) is 3.67. The van der Waals surface area contributed by atoms with E-state index in [9.17, 15) is 0 Å². The summed E-state index contributed by atoms with van der Waals surface area (Å²) in [7, 11) is 0. The summed E-state index contributed by atoms with van der Waals surface area (Å²) >= 11 is 3.53. The number of nitrogens with one attached hydrogen (secondary N) is 2. The van der Waals surface area contributed by atoms with E-state index in [4.69, 9.17) is 9.97 Å². The maximum Gasteiger partial charge on any atom is 0.229 e. The van der Waals surface area contributed by atoms with Gasteiger partial charge in [-0.1, -0.05) is 32.9 Å². The van der Waals surface area contributed by atoms with Gasteiger partial charge in [-0.2, -0.15) is 4.98 Å². The molecule has 0 atom stereocenters. The van der Waals surface area contributed by atoms with Crippen LogP contribution in [-0.4, -0.2) is 52.3 Å². The first kappa shape index (κ1) is 27.4. The van der Waals surface area contributed by atoms with Crippen LogP contribution in [0.2, 0.25) is 0 Å². The highest BCUT2D eigenvalue weighted by Crippen LogP contribution is 2.36. The van der Waals surface area contributed by atoms with E-state index in [0.29, 0.717) is 11.2 Å². The molecule has 4 aromatic rings. The highest BCUT2D eigenvalue weighted by atomic mass is 32.2. The summed E-state index contributed by atoms with van der Waals surface area (Å²) in [4.78, 5) is 16.3. The van der Waals surface area contributed by atoms with Crippen molar-refractivity contribution in [1.29, 1.82) is 0 Å². The van der Waals surface area contributed by atoms with Crippen LogP contribution in [0.15, 0.2) is 58.8 Å². The SMILES string of the molecule is CCc1cc(N2CCC(N3CCCC3)CC2)ccc1Nc1nc(Nc2ccccc2SC(C)C)c2sccc2n1. The first-order chi connectivity index (χ1) is 19.6. The highest BCUT2D eigenvalue weighted by molar-refractivity contribution is 8.00. The Hall–Kier alpha value is -2.81. The van der Waals surface area contributed by atoms with Gasteiger partial charge in [-0.05, 0) is 92.5 Å². The van der Waals surface area contributed by atoms with Crippen molar-refractivity contribution in [3.8, 4) is 0 Å². The number of para-hydroxylation sites is 1. The number of aromatic nitrogens is 2. The Bertz CT molecular complexity index is 1440. The Balaban J connectivity index is 1.21. The van der Waals surface area contributed by atoms with Gasteiger partial charge in [0.15, 0.2) is 5.82 Å². The van der Waals surface area contributed by atoms with Crippen molar-refractivity contribution in [2.24, 2.45) is 0 Å². The maximum atomic E-state index is 4.97. The van der Waals surface area contributed by atoms with E-state index in [1.165, 1.54) is 54.9 Å². The quantitative estimate of drug-likeness (QED) is 0.196. The standard InChI is InChI=1S/C32H40N6S2/c1-4-23-21-25(38-18-13-24(14-19-38)37-16-7-8-17-37)11-12-26(23)34-32-35-28-15-20-39-30(28)31(36-32)33-27-9-5-6-10-29(27)40-22(2)3/h5-6,9-12,15,20-22,24H,4,7-8,13-14,16-19H2,1-3H3,(H2,33,34,35,36). The van der Waals surface area contributed by atoms with Crippen molar-refractivity contribution in [2.45, 2.75) is 69.1 Å². The largest absolute Gasteiger partial charge is 0.371 e. The van der Waals surface area contributed by atoms with Crippen LogP contribution in [0.4, 0.5) is 28.8 Å². The molecule has 2 aliphatic heterocycles. The second-order valence-electron chi connectivity index (χ2n) is 11.1. The smallest absolute Gasteiger partial charge is 0.229 e. The number of thioether (sulfide) groups is 1. The monoisotopic (exact) mass is 572 g/mol. The molecule has 2 aromatic carbocycles. The molecule has 6 nitrogen and oxygen atoms in total. The summed E-state index contributed by atoms with van der Waals surface area (Å²) in [5.41, 5.74) is 5.73. The third-order valence-electron chi connectivity index (χ3n) is 8.01. The van der Waals surface area contributed by atoms with Gasteiger partial charge in [-0.25, -0.2) is 4.98 Å². The number of piperidine rings is 1. The summed E-state index contributed by atoms with van der Waals surface area (Å²) in [6.07, 6.45) is 6.24. The molecular formula is C32H40N6S2. The number of hydrogen-bond acceptors (Lipinski definition) is 8. The van der Waals surface area contributed by atoms with Crippen LogP contribution < -0.4 is 15.5 Å². The van der Waals surface area contributed by atoms with Crippen molar-refractivity contribution in [3.63, 3.8) is 0 Å². The number of nitrogens with zero attached hydrogens (tertiary/aromatic N) is 4. The average molecular weight is 573 g/mol. The second kappa shape index (κ2) is 12.4. The lowest BCUT2D eigenvalue weighted by Gasteiger charge is -2.38. The fourth-order valence-corrected chi connectivity index (χ4v) is 7.65. The van der Waals surface area contributed by atoms with E-state index in [0.717, 1.165) is 53.0 Å².